The van der Waals surface area contributed by atoms with E-state index in [1.807, 2.05) is 13.8 Å². The standard InChI is InChI=1S/C14H22.C2H6/c1-6-12-10-14(4,5)9-8-11(3)13(12)7-2;1-2/h6-9,11H,10H2,1-5H3;1-2H3/b12-6-,13-7-;. The van der Waals surface area contributed by atoms with E-state index in [4.69, 9.17) is 0 Å². The van der Waals surface area contributed by atoms with Crippen LogP contribution < -0.4 is 0 Å². The van der Waals surface area contributed by atoms with Gasteiger partial charge in [0.2, 0.25) is 0 Å². The van der Waals surface area contributed by atoms with Crippen molar-refractivity contribution in [1.29, 1.82) is 0 Å². The summed E-state index contributed by atoms with van der Waals surface area (Å²) in [5.41, 5.74) is 3.31. The number of hydrogen-bond acceptors (Lipinski definition) is 0. The second-order valence-electron chi connectivity index (χ2n) is 4.87. The summed E-state index contributed by atoms with van der Waals surface area (Å²) in [4.78, 5) is 0. The summed E-state index contributed by atoms with van der Waals surface area (Å²) < 4.78 is 0. The molecule has 0 amide bonds. The molecule has 0 aromatic carbocycles. The molecule has 92 valence electrons. The first-order valence-corrected chi connectivity index (χ1v) is 6.51. The molecule has 0 N–H and O–H groups in total. The largest absolute Gasteiger partial charge is 0.0841 e. The fourth-order valence-corrected chi connectivity index (χ4v) is 2.17. The molecule has 1 unspecified atom stereocenters. The Labute approximate surface area is 102 Å². The predicted octanol–water partition coefficient (Wildman–Crippen LogP) is 5.53. The predicted molar refractivity (Wildman–Crippen MR) is 75.6 cm³/mol. The Bertz CT molecular complexity index is 287. The highest BCUT2D eigenvalue weighted by atomic mass is 14.3. The fourth-order valence-electron chi connectivity index (χ4n) is 2.17. The van der Waals surface area contributed by atoms with Gasteiger partial charge in [0.05, 0.1) is 0 Å². The van der Waals surface area contributed by atoms with E-state index in [9.17, 15) is 0 Å². The second-order valence-corrected chi connectivity index (χ2v) is 4.87. The summed E-state index contributed by atoms with van der Waals surface area (Å²) in [6.07, 6.45) is 10.4. The van der Waals surface area contributed by atoms with Crippen molar-refractivity contribution in [3.63, 3.8) is 0 Å². The van der Waals surface area contributed by atoms with Crippen LogP contribution in [-0.2, 0) is 0 Å². The van der Waals surface area contributed by atoms with E-state index < -0.39 is 0 Å². The quantitative estimate of drug-likeness (QED) is 0.471. The van der Waals surface area contributed by atoms with Gasteiger partial charge in [0.1, 0.15) is 0 Å². The maximum atomic E-state index is 2.36. The van der Waals surface area contributed by atoms with E-state index in [-0.39, 0.29) is 0 Å². The zero-order valence-electron chi connectivity index (χ0n) is 12.1. The number of allylic oxidation sites excluding steroid dienone is 6. The van der Waals surface area contributed by atoms with Crippen molar-refractivity contribution >= 4 is 0 Å². The van der Waals surface area contributed by atoms with E-state index in [0.717, 1.165) is 6.42 Å². The van der Waals surface area contributed by atoms with Gasteiger partial charge in [0.25, 0.3) is 0 Å². The third-order valence-electron chi connectivity index (χ3n) is 3.00. The van der Waals surface area contributed by atoms with E-state index in [1.54, 1.807) is 0 Å². The van der Waals surface area contributed by atoms with Crippen molar-refractivity contribution in [2.24, 2.45) is 11.3 Å². The summed E-state index contributed by atoms with van der Waals surface area (Å²) in [5.74, 6) is 0.563. The maximum Gasteiger partial charge on any atom is -0.00109 e. The maximum absolute atomic E-state index is 2.36. The molecule has 1 aliphatic carbocycles. The molecule has 0 fully saturated rings. The molecule has 1 atom stereocenters. The van der Waals surface area contributed by atoms with Crippen LogP contribution in [-0.4, -0.2) is 0 Å². The van der Waals surface area contributed by atoms with Gasteiger partial charge >= 0.3 is 0 Å². The third kappa shape index (κ3) is 4.00. The van der Waals surface area contributed by atoms with Crippen LogP contribution in [0.3, 0.4) is 0 Å². The van der Waals surface area contributed by atoms with Crippen molar-refractivity contribution < 1.29 is 0 Å². The van der Waals surface area contributed by atoms with Crippen molar-refractivity contribution in [3.05, 3.63) is 35.5 Å². The molecule has 0 saturated carbocycles. The molecule has 0 saturated heterocycles. The first-order valence-electron chi connectivity index (χ1n) is 6.51. The molecule has 0 spiro atoms. The summed E-state index contributed by atoms with van der Waals surface area (Å²) >= 11 is 0. The van der Waals surface area contributed by atoms with Crippen LogP contribution >= 0.6 is 0 Å². The van der Waals surface area contributed by atoms with Crippen molar-refractivity contribution in [1.82, 2.24) is 0 Å². The van der Waals surface area contributed by atoms with Crippen LogP contribution in [0.15, 0.2) is 35.5 Å². The molecule has 1 aliphatic rings. The summed E-state index contributed by atoms with van der Waals surface area (Å²) in [5, 5.41) is 0. The molecule has 16 heavy (non-hydrogen) atoms. The smallest absolute Gasteiger partial charge is 0.00109 e. The monoisotopic (exact) mass is 220 g/mol. The Balaban J connectivity index is 0.00000106. The lowest BCUT2D eigenvalue weighted by atomic mass is 9.84. The molecule has 0 bridgehead atoms. The van der Waals surface area contributed by atoms with E-state index in [0.29, 0.717) is 11.3 Å². The number of rotatable bonds is 0. The highest BCUT2D eigenvalue weighted by Gasteiger charge is 2.23. The second kappa shape index (κ2) is 6.73. The highest BCUT2D eigenvalue weighted by Crippen LogP contribution is 2.37. The van der Waals surface area contributed by atoms with Gasteiger partial charge in [-0.05, 0) is 42.7 Å². The zero-order valence-corrected chi connectivity index (χ0v) is 12.1. The minimum atomic E-state index is 0.306. The number of hydrogen-bond donors (Lipinski definition) is 0. The third-order valence-corrected chi connectivity index (χ3v) is 3.00. The topological polar surface area (TPSA) is 0 Å². The van der Waals surface area contributed by atoms with Crippen LogP contribution in [0.4, 0.5) is 0 Å². The van der Waals surface area contributed by atoms with Crippen molar-refractivity contribution in [2.75, 3.05) is 0 Å². The van der Waals surface area contributed by atoms with Gasteiger partial charge in [-0.1, -0.05) is 58.9 Å². The zero-order chi connectivity index (χ0) is 12.8. The van der Waals surface area contributed by atoms with Crippen LogP contribution in [0.2, 0.25) is 0 Å². The minimum absolute atomic E-state index is 0.306. The van der Waals surface area contributed by atoms with E-state index in [2.05, 4.69) is 58.9 Å². The molecule has 0 aromatic rings. The highest BCUT2D eigenvalue weighted by molar-refractivity contribution is 5.37. The van der Waals surface area contributed by atoms with E-state index in [1.165, 1.54) is 11.1 Å². The Kier molecular flexibility index (Phi) is 6.40. The van der Waals surface area contributed by atoms with Gasteiger partial charge in [0.15, 0.2) is 0 Å². The molecule has 1 rings (SSSR count). The molecule has 0 heteroatoms. The SMILES string of the molecule is C/C=C1/CC(C)(C)C=CC(C)/C1=C/C.CC. The first kappa shape index (κ1) is 15.2. The molecule has 0 nitrogen and oxygen atoms in total. The van der Waals surface area contributed by atoms with Crippen LogP contribution in [0.5, 0.6) is 0 Å². The molecule has 0 radical (unpaired) electrons. The van der Waals surface area contributed by atoms with Gasteiger partial charge in [0, 0.05) is 0 Å². The minimum Gasteiger partial charge on any atom is -0.0841 e. The Hall–Kier alpha value is -0.780. The normalized spacial score (nSPS) is 28.6. The molecule has 0 heterocycles. The lowest BCUT2D eigenvalue weighted by Crippen LogP contribution is -2.07. The van der Waals surface area contributed by atoms with Crippen LogP contribution in [0.25, 0.3) is 0 Å². The van der Waals surface area contributed by atoms with Gasteiger partial charge < -0.3 is 0 Å². The first-order chi connectivity index (χ1) is 7.50. The molecular weight excluding hydrogens is 192 g/mol. The van der Waals surface area contributed by atoms with Gasteiger partial charge in [-0.15, -0.1) is 0 Å². The summed E-state index contributed by atoms with van der Waals surface area (Å²) in [6, 6.07) is 0. The average molecular weight is 220 g/mol. The van der Waals surface area contributed by atoms with Gasteiger partial charge in [-0.3, -0.25) is 0 Å². The Morgan fingerprint density at radius 2 is 1.75 bits per heavy atom. The fraction of sp³-hybridized carbons (Fsp3) is 0.625. The van der Waals surface area contributed by atoms with Gasteiger partial charge in [-0.2, -0.15) is 0 Å². The molecule has 0 aliphatic heterocycles. The van der Waals surface area contributed by atoms with E-state index >= 15 is 0 Å². The van der Waals surface area contributed by atoms with Crippen LogP contribution in [0.1, 0.15) is 54.9 Å². The van der Waals surface area contributed by atoms with Crippen molar-refractivity contribution in [3.8, 4) is 0 Å². The lowest BCUT2D eigenvalue weighted by Gasteiger charge is -2.21. The lowest BCUT2D eigenvalue weighted by molar-refractivity contribution is 0.481. The molecular formula is C16H28. The van der Waals surface area contributed by atoms with Crippen molar-refractivity contribution in [2.45, 2.75) is 54.9 Å². The summed E-state index contributed by atoms with van der Waals surface area (Å²) in [7, 11) is 0. The summed E-state index contributed by atoms with van der Waals surface area (Å²) in [6.45, 7) is 15.2. The Morgan fingerprint density at radius 1 is 1.19 bits per heavy atom. The van der Waals surface area contributed by atoms with Crippen LogP contribution in [0, 0.1) is 11.3 Å². The average Bonchev–Trinajstić information content (AvgIpc) is 2.39. The molecule has 0 aromatic heterocycles. The Morgan fingerprint density at radius 3 is 2.19 bits per heavy atom. The van der Waals surface area contributed by atoms with Gasteiger partial charge in [-0.25, -0.2) is 0 Å².